The number of carbonyl (C=O) groups is 1. The SMILES string of the molecule is O=C(O)Cc1cccc2sc(-c3ccc(C(F)(F)F)cc3)nc12. The summed E-state index contributed by atoms with van der Waals surface area (Å²) >= 11 is 1.32. The van der Waals surface area contributed by atoms with Gasteiger partial charge in [0.15, 0.2) is 0 Å². The highest BCUT2D eigenvalue weighted by Crippen LogP contribution is 2.34. The van der Waals surface area contributed by atoms with E-state index in [9.17, 15) is 18.0 Å². The molecule has 2 aromatic carbocycles. The zero-order valence-electron chi connectivity index (χ0n) is 11.6. The summed E-state index contributed by atoms with van der Waals surface area (Å²) in [7, 11) is 0. The molecule has 1 N–H and O–H groups in total. The Hall–Kier alpha value is -2.41. The number of aromatic nitrogens is 1. The number of alkyl halides is 3. The van der Waals surface area contributed by atoms with Gasteiger partial charge in [-0.2, -0.15) is 13.2 Å². The minimum absolute atomic E-state index is 0.145. The third-order valence-electron chi connectivity index (χ3n) is 3.30. The van der Waals surface area contributed by atoms with Gasteiger partial charge in [-0.15, -0.1) is 11.3 Å². The predicted molar refractivity (Wildman–Crippen MR) is 81.4 cm³/mol. The topological polar surface area (TPSA) is 50.2 Å². The molecule has 0 saturated carbocycles. The molecule has 0 spiro atoms. The van der Waals surface area contributed by atoms with Gasteiger partial charge in [-0.25, -0.2) is 4.98 Å². The summed E-state index contributed by atoms with van der Waals surface area (Å²) in [6.45, 7) is 0. The van der Waals surface area contributed by atoms with Crippen LogP contribution in [0.5, 0.6) is 0 Å². The molecule has 3 nitrogen and oxygen atoms in total. The largest absolute Gasteiger partial charge is 0.481 e. The summed E-state index contributed by atoms with van der Waals surface area (Å²) in [4.78, 5) is 15.3. The Morgan fingerprint density at radius 3 is 2.43 bits per heavy atom. The molecule has 1 aromatic heterocycles. The van der Waals surface area contributed by atoms with E-state index in [1.165, 1.54) is 23.5 Å². The number of thiazole rings is 1. The van der Waals surface area contributed by atoms with Crippen LogP contribution >= 0.6 is 11.3 Å². The summed E-state index contributed by atoms with van der Waals surface area (Å²) in [6.07, 6.45) is -4.52. The van der Waals surface area contributed by atoms with Crippen LogP contribution in [-0.2, 0) is 17.4 Å². The predicted octanol–water partition coefficient (Wildman–Crippen LogP) is 4.61. The van der Waals surface area contributed by atoms with Crippen molar-refractivity contribution in [2.45, 2.75) is 12.6 Å². The zero-order valence-corrected chi connectivity index (χ0v) is 12.4. The molecule has 0 fully saturated rings. The van der Waals surface area contributed by atoms with Crippen molar-refractivity contribution >= 4 is 27.5 Å². The van der Waals surface area contributed by atoms with Crippen molar-refractivity contribution in [2.24, 2.45) is 0 Å². The number of para-hydroxylation sites is 1. The normalized spacial score (nSPS) is 11.8. The second kappa shape index (κ2) is 5.66. The Morgan fingerprint density at radius 2 is 1.83 bits per heavy atom. The Balaban J connectivity index is 2.02. The number of benzene rings is 2. The van der Waals surface area contributed by atoms with Crippen LogP contribution < -0.4 is 0 Å². The van der Waals surface area contributed by atoms with Crippen LogP contribution in [0.2, 0.25) is 0 Å². The first-order valence-corrected chi connectivity index (χ1v) is 7.44. The first-order valence-electron chi connectivity index (χ1n) is 6.62. The van der Waals surface area contributed by atoms with Crippen LogP contribution in [0.4, 0.5) is 13.2 Å². The van der Waals surface area contributed by atoms with Crippen molar-refractivity contribution in [3.63, 3.8) is 0 Å². The van der Waals surface area contributed by atoms with Crippen LogP contribution in [0.15, 0.2) is 42.5 Å². The summed E-state index contributed by atoms with van der Waals surface area (Å²) in [5.74, 6) is -0.957. The van der Waals surface area contributed by atoms with Crippen LogP contribution in [0.1, 0.15) is 11.1 Å². The lowest BCUT2D eigenvalue weighted by atomic mass is 10.1. The number of aliphatic carboxylic acids is 1. The molecular weight excluding hydrogens is 327 g/mol. The standard InChI is InChI=1S/C16H10F3NO2S/c17-16(18,19)11-6-4-9(5-7-11)15-20-14-10(8-13(21)22)2-1-3-12(14)23-15/h1-7H,8H2,(H,21,22). The molecule has 1 heterocycles. The second-order valence-electron chi connectivity index (χ2n) is 4.93. The van der Waals surface area contributed by atoms with Gasteiger partial charge >= 0.3 is 12.1 Å². The highest BCUT2D eigenvalue weighted by molar-refractivity contribution is 7.21. The number of carboxylic acids is 1. The molecule has 0 aliphatic carbocycles. The minimum atomic E-state index is -4.37. The number of hydrogen-bond acceptors (Lipinski definition) is 3. The molecule has 3 rings (SSSR count). The van der Waals surface area contributed by atoms with Crippen LogP contribution in [0.25, 0.3) is 20.8 Å². The van der Waals surface area contributed by atoms with Gasteiger partial charge in [0.1, 0.15) is 5.01 Å². The smallest absolute Gasteiger partial charge is 0.416 e. The molecule has 3 aromatic rings. The number of carboxylic acid groups (broad SMARTS) is 1. The molecule has 23 heavy (non-hydrogen) atoms. The second-order valence-corrected chi connectivity index (χ2v) is 5.96. The number of halogens is 3. The lowest BCUT2D eigenvalue weighted by molar-refractivity contribution is -0.138. The number of rotatable bonds is 3. The maximum atomic E-state index is 12.6. The fourth-order valence-corrected chi connectivity index (χ4v) is 3.26. The lowest BCUT2D eigenvalue weighted by Gasteiger charge is -2.06. The molecule has 7 heteroatoms. The number of hydrogen-bond donors (Lipinski definition) is 1. The van der Waals surface area contributed by atoms with Crippen LogP contribution in [0, 0.1) is 0 Å². The van der Waals surface area contributed by atoms with Crippen molar-refractivity contribution in [1.29, 1.82) is 0 Å². The van der Waals surface area contributed by atoms with E-state index >= 15 is 0 Å². The van der Waals surface area contributed by atoms with E-state index in [0.717, 1.165) is 16.8 Å². The van der Waals surface area contributed by atoms with Crippen LogP contribution in [0.3, 0.4) is 0 Å². The highest BCUT2D eigenvalue weighted by Gasteiger charge is 2.30. The van der Waals surface area contributed by atoms with Crippen LogP contribution in [-0.4, -0.2) is 16.1 Å². The van der Waals surface area contributed by atoms with Crippen molar-refractivity contribution < 1.29 is 23.1 Å². The first-order chi connectivity index (χ1) is 10.8. The van der Waals surface area contributed by atoms with E-state index in [1.807, 2.05) is 6.07 Å². The van der Waals surface area contributed by atoms with Gasteiger partial charge in [0, 0.05) is 5.56 Å². The van der Waals surface area contributed by atoms with E-state index in [2.05, 4.69) is 4.98 Å². The van der Waals surface area contributed by atoms with Gasteiger partial charge in [-0.3, -0.25) is 4.79 Å². The van der Waals surface area contributed by atoms with Crippen molar-refractivity contribution in [1.82, 2.24) is 4.98 Å². The molecule has 118 valence electrons. The monoisotopic (exact) mass is 337 g/mol. The van der Waals surface area contributed by atoms with Gasteiger partial charge in [-0.1, -0.05) is 24.3 Å². The fourth-order valence-electron chi connectivity index (χ4n) is 2.24. The molecule has 0 saturated heterocycles. The Morgan fingerprint density at radius 1 is 1.13 bits per heavy atom. The number of fused-ring (bicyclic) bond motifs is 1. The molecule has 0 bridgehead atoms. The van der Waals surface area contributed by atoms with Gasteiger partial charge in [0.05, 0.1) is 22.2 Å². The quantitative estimate of drug-likeness (QED) is 0.759. The maximum absolute atomic E-state index is 12.6. The molecule has 0 atom stereocenters. The van der Waals surface area contributed by atoms with E-state index in [0.29, 0.717) is 21.7 Å². The molecule has 0 amide bonds. The maximum Gasteiger partial charge on any atom is 0.416 e. The fraction of sp³-hybridized carbons (Fsp3) is 0.125. The minimum Gasteiger partial charge on any atom is -0.481 e. The highest BCUT2D eigenvalue weighted by atomic mass is 32.1. The molecule has 0 aliphatic heterocycles. The average Bonchev–Trinajstić information content (AvgIpc) is 2.91. The van der Waals surface area contributed by atoms with E-state index in [1.54, 1.807) is 12.1 Å². The van der Waals surface area contributed by atoms with Gasteiger partial charge in [0.2, 0.25) is 0 Å². The molecule has 0 aliphatic rings. The van der Waals surface area contributed by atoms with Crippen molar-refractivity contribution in [3.05, 3.63) is 53.6 Å². The average molecular weight is 337 g/mol. The lowest BCUT2D eigenvalue weighted by Crippen LogP contribution is -2.03. The molecular formula is C16H10F3NO2S. The Labute approximate surface area is 133 Å². The van der Waals surface area contributed by atoms with Gasteiger partial charge < -0.3 is 5.11 Å². The van der Waals surface area contributed by atoms with Gasteiger partial charge in [-0.05, 0) is 23.8 Å². The molecule has 0 unspecified atom stereocenters. The van der Waals surface area contributed by atoms with Gasteiger partial charge in [0.25, 0.3) is 0 Å². The van der Waals surface area contributed by atoms with E-state index < -0.39 is 17.7 Å². The summed E-state index contributed by atoms with van der Waals surface area (Å²) in [6, 6.07) is 10.0. The first kappa shape index (κ1) is 15.5. The third kappa shape index (κ3) is 3.19. The summed E-state index contributed by atoms with van der Waals surface area (Å²) in [5.41, 5.74) is 1.02. The van der Waals surface area contributed by atoms with E-state index in [-0.39, 0.29) is 6.42 Å². The van der Waals surface area contributed by atoms with E-state index in [4.69, 9.17) is 5.11 Å². The summed E-state index contributed by atoms with van der Waals surface area (Å²) in [5, 5.41) is 9.49. The van der Waals surface area contributed by atoms with Crippen molar-refractivity contribution in [3.8, 4) is 10.6 Å². The van der Waals surface area contributed by atoms with Crippen molar-refractivity contribution in [2.75, 3.05) is 0 Å². The zero-order chi connectivity index (χ0) is 16.6. The Bertz CT molecular complexity index is 869. The molecule has 0 radical (unpaired) electrons. The Kier molecular flexibility index (Phi) is 3.81. The number of nitrogens with zero attached hydrogens (tertiary/aromatic N) is 1. The summed E-state index contributed by atoms with van der Waals surface area (Å²) < 4.78 is 38.6. The third-order valence-corrected chi connectivity index (χ3v) is 4.37.